The molecule has 3 aromatic rings. The first-order valence-corrected chi connectivity index (χ1v) is 8.44. The van der Waals surface area contributed by atoms with Gasteiger partial charge in [-0.05, 0) is 43.4 Å². The van der Waals surface area contributed by atoms with E-state index in [4.69, 9.17) is 0 Å². The first-order valence-electron chi connectivity index (χ1n) is 7.67. The summed E-state index contributed by atoms with van der Waals surface area (Å²) < 4.78 is 3.60. The summed E-state index contributed by atoms with van der Waals surface area (Å²) in [6.45, 7) is 5.63. The van der Waals surface area contributed by atoms with Crippen LogP contribution in [-0.4, -0.2) is 20.4 Å². The number of aryl methyl sites for hydroxylation is 3. The molecule has 0 saturated carbocycles. The molecule has 2 aromatic heterocycles. The van der Waals surface area contributed by atoms with Gasteiger partial charge < -0.3 is 5.43 Å². The third-order valence-electron chi connectivity index (χ3n) is 3.61. The van der Waals surface area contributed by atoms with E-state index in [1.54, 1.807) is 10.1 Å². The van der Waals surface area contributed by atoms with Crippen molar-refractivity contribution in [2.24, 2.45) is 0 Å². The largest absolute Gasteiger partial charge is 0.313 e. The Balaban J connectivity index is 1.58. The van der Waals surface area contributed by atoms with Gasteiger partial charge in [-0.25, -0.2) is 0 Å². The Hall–Kier alpha value is -2.34. The fourth-order valence-electron chi connectivity index (χ4n) is 2.50. The van der Waals surface area contributed by atoms with Crippen molar-refractivity contribution in [3.8, 4) is 10.4 Å². The van der Waals surface area contributed by atoms with Crippen molar-refractivity contribution >= 4 is 11.5 Å². The zero-order valence-electron chi connectivity index (χ0n) is 13.3. The lowest BCUT2D eigenvalue weighted by Crippen LogP contribution is -2.24. The van der Waals surface area contributed by atoms with E-state index in [0.29, 0.717) is 0 Å². The normalized spacial score (nSPS) is 10.9. The molecule has 0 saturated heterocycles. The van der Waals surface area contributed by atoms with Crippen LogP contribution in [0.4, 0.5) is 0 Å². The molecular weight excluding hydrogens is 308 g/mol. The van der Waals surface area contributed by atoms with Crippen LogP contribution < -0.4 is 11.0 Å². The number of hydrogen-bond donors (Lipinski definition) is 1. The third kappa shape index (κ3) is 3.71. The van der Waals surface area contributed by atoms with Crippen molar-refractivity contribution < 1.29 is 0 Å². The molecule has 0 fully saturated rings. The SMILES string of the molecule is Cc1cc(C)n(CCCNn2sc(-c3ccccc3)cc2=O)n1. The van der Waals surface area contributed by atoms with Gasteiger partial charge in [0, 0.05) is 24.8 Å². The average Bonchev–Trinajstić information content (AvgIpc) is 3.07. The molecule has 0 amide bonds. The summed E-state index contributed by atoms with van der Waals surface area (Å²) in [5.41, 5.74) is 6.44. The standard InChI is InChI=1S/C17H20N4OS/c1-13-11-14(2)20(19-13)10-6-9-18-21-17(22)12-16(23-21)15-7-4-3-5-8-15/h3-5,7-8,11-12,18H,6,9-10H2,1-2H3. The molecule has 0 unspecified atom stereocenters. The average molecular weight is 328 g/mol. The Bertz CT molecular complexity index is 832. The lowest BCUT2D eigenvalue weighted by Gasteiger charge is -2.07. The van der Waals surface area contributed by atoms with Crippen LogP contribution in [0.2, 0.25) is 0 Å². The predicted octanol–water partition coefficient (Wildman–Crippen LogP) is 3.02. The molecule has 23 heavy (non-hydrogen) atoms. The number of benzene rings is 1. The summed E-state index contributed by atoms with van der Waals surface area (Å²) in [4.78, 5) is 13.0. The van der Waals surface area contributed by atoms with Crippen LogP contribution in [0, 0.1) is 13.8 Å². The van der Waals surface area contributed by atoms with E-state index in [0.717, 1.165) is 35.6 Å². The van der Waals surface area contributed by atoms with Crippen molar-refractivity contribution in [1.82, 2.24) is 13.8 Å². The zero-order chi connectivity index (χ0) is 16.2. The Morgan fingerprint density at radius 1 is 1.17 bits per heavy atom. The predicted molar refractivity (Wildman–Crippen MR) is 94.6 cm³/mol. The molecule has 5 nitrogen and oxygen atoms in total. The summed E-state index contributed by atoms with van der Waals surface area (Å²) in [5, 5.41) is 4.44. The molecule has 0 aliphatic heterocycles. The molecule has 0 atom stereocenters. The molecule has 0 bridgehead atoms. The van der Waals surface area contributed by atoms with Crippen LogP contribution in [0.3, 0.4) is 0 Å². The molecule has 0 aliphatic rings. The number of nitrogens with one attached hydrogen (secondary N) is 1. The van der Waals surface area contributed by atoms with Gasteiger partial charge in [0.15, 0.2) is 0 Å². The van der Waals surface area contributed by atoms with E-state index < -0.39 is 0 Å². The second-order valence-corrected chi connectivity index (χ2v) is 6.50. The highest BCUT2D eigenvalue weighted by Crippen LogP contribution is 2.21. The van der Waals surface area contributed by atoms with Crippen LogP contribution >= 0.6 is 11.5 Å². The minimum absolute atomic E-state index is 0.0139. The summed E-state index contributed by atoms with van der Waals surface area (Å²) in [5.74, 6) is 0. The molecule has 2 heterocycles. The quantitative estimate of drug-likeness (QED) is 0.708. The highest BCUT2D eigenvalue weighted by Gasteiger charge is 2.06. The number of nitrogens with zero attached hydrogens (tertiary/aromatic N) is 3. The van der Waals surface area contributed by atoms with Gasteiger partial charge in [0.25, 0.3) is 5.56 Å². The fourth-order valence-corrected chi connectivity index (χ4v) is 3.39. The van der Waals surface area contributed by atoms with Gasteiger partial charge in [-0.3, -0.25) is 9.48 Å². The minimum Gasteiger partial charge on any atom is -0.313 e. The zero-order valence-corrected chi connectivity index (χ0v) is 14.1. The van der Waals surface area contributed by atoms with Crippen molar-refractivity contribution in [2.75, 3.05) is 12.0 Å². The second-order valence-electron chi connectivity index (χ2n) is 5.51. The topological polar surface area (TPSA) is 51.9 Å². The lowest BCUT2D eigenvalue weighted by molar-refractivity contribution is 0.566. The summed E-state index contributed by atoms with van der Waals surface area (Å²) in [6, 6.07) is 13.7. The number of aromatic nitrogens is 3. The first kappa shape index (κ1) is 15.6. The van der Waals surface area contributed by atoms with Crippen LogP contribution in [0.15, 0.2) is 47.3 Å². The fraction of sp³-hybridized carbons (Fsp3) is 0.294. The van der Waals surface area contributed by atoms with Gasteiger partial charge in [0.1, 0.15) is 0 Å². The Morgan fingerprint density at radius 3 is 2.65 bits per heavy atom. The molecule has 1 aromatic carbocycles. The van der Waals surface area contributed by atoms with E-state index in [1.165, 1.54) is 17.2 Å². The molecule has 3 rings (SSSR count). The number of rotatable bonds is 6. The van der Waals surface area contributed by atoms with Gasteiger partial charge in [-0.2, -0.15) is 9.16 Å². The highest BCUT2D eigenvalue weighted by molar-refractivity contribution is 7.10. The summed E-state index contributed by atoms with van der Waals surface area (Å²) in [7, 11) is 0. The molecule has 0 spiro atoms. The van der Waals surface area contributed by atoms with E-state index >= 15 is 0 Å². The molecule has 1 N–H and O–H groups in total. The summed E-state index contributed by atoms with van der Waals surface area (Å²) >= 11 is 1.44. The van der Waals surface area contributed by atoms with Crippen molar-refractivity contribution in [1.29, 1.82) is 0 Å². The molecule has 6 heteroatoms. The second kappa shape index (κ2) is 6.83. The maximum Gasteiger partial charge on any atom is 0.280 e. The van der Waals surface area contributed by atoms with Crippen molar-refractivity contribution in [3.05, 3.63) is 64.2 Å². The van der Waals surface area contributed by atoms with Gasteiger partial charge in [0.05, 0.1) is 10.6 Å². The smallest absolute Gasteiger partial charge is 0.280 e. The Morgan fingerprint density at radius 2 is 1.96 bits per heavy atom. The van der Waals surface area contributed by atoms with Gasteiger partial charge in [-0.1, -0.05) is 30.3 Å². The molecule has 0 radical (unpaired) electrons. The monoisotopic (exact) mass is 328 g/mol. The van der Waals surface area contributed by atoms with E-state index in [-0.39, 0.29) is 5.56 Å². The van der Waals surface area contributed by atoms with Gasteiger partial charge >= 0.3 is 0 Å². The van der Waals surface area contributed by atoms with Crippen LogP contribution in [0.5, 0.6) is 0 Å². The van der Waals surface area contributed by atoms with Crippen molar-refractivity contribution in [3.63, 3.8) is 0 Å². The van der Waals surface area contributed by atoms with Gasteiger partial charge in [0.2, 0.25) is 0 Å². The van der Waals surface area contributed by atoms with E-state index in [9.17, 15) is 4.79 Å². The van der Waals surface area contributed by atoms with E-state index in [2.05, 4.69) is 23.5 Å². The Labute approximate surface area is 139 Å². The minimum atomic E-state index is -0.0139. The molecule has 120 valence electrons. The maximum atomic E-state index is 12.0. The molecule has 0 aliphatic carbocycles. The third-order valence-corrected chi connectivity index (χ3v) is 4.65. The summed E-state index contributed by atoms with van der Waals surface area (Å²) in [6.07, 6.45) is 0.910. The molecular formula is C17H20N4OS. The van der Waals surface area contributed by atoms with Gasteiger partial charge in [-0.15, -0.1) is 0 Å². The highest BCUT2D eigenvalue weighted by atomic mass is 32.1. The maximum absolute atomic E-state index is 12.0. The van der Waals surface area contributed by atoms with Crippen LogP contribution in [0.25, 0.3) is 10.4 Å². The number of hydrogen-bond acceptors (Lipinski definition) is 4. The van der Waals surface area contributed by atoms with E-state index in [1.807, 2.05) is 41.9 Å². The van der Waals surface area contributed by atoms with Crippen LogP contribution in [0.1, 0.15) is 17.8 Å². The Kier molecular flexibility index (Phi) is 4.62. The first-order chi connectivity index (χ1) is 11.1. The lowest BCUT2D eigenvalue weighted by atomic mass is 10.2. The van der Waals surface area contributed by atoms with Crippen LogP contribution in [-0.2, 0) is 6.54 Å². The van der Waals surface area contributed by atoms with Crippen molar-refractivity contribution in [2.45, 2.75) is 26.8 Å².